The summed E-state index contributed by atoms with van der Waals surface area (Å²) in [7, 11) is 0. The molecule has 0 aliphatic heterocycles. The molecule has 0 atom stereocenters. The van der Waals surface area contributed by atoms with Crippen LogP contribution in [0.25, 0.3) is 26.3 Å². The molecule has 0 spiro atoms. The maximum absolute atomic E-state index is 12.8. The largest absolute Gasteiger partial charge is 0.283 e. The lowest BCUT2D eigenvalue weighted by molar-refractivity contribution is 0.0959. The van der Waals surface area contributed by atoms with Crippen LogP contribution in [0.3, 0.4) is 0 Å². The lowest BCUT2D eigenvalue weighted by Gasteiger charge is -1.98. The van der Waals surface area contributed by atoms with Crippen LogP contribution in [0.4, 0.5) is 0 Å². The van der Waals surface area contributed by atoms with Crippen LogP contribution >= 0.6 is 57.5 Å². The fraction of sp³-hybridized carbons (Fsp3) is 0. The molecule has 33 heavy (non-hydrogen) atoms. The molecule has 0 fully saturated rings. The minimum atomic E-state index is -0.433. The first-order valence-electron chi connectivity index (χ1n) is 9.60. The van der Waals surface area contributed by atoms with Gasteiger partial charge in [-0.15, -0.1) is 22.7 Å². The third kappa shape index (κ3) is 4.43. The molecule has 5 aromatic rings. The summed E-state index contributed by atoms with van der Waals surface area (Å²) >= 11 is 21.5. The number of fused-ring (bicyclic) bond motifs is 1. The Morgan fingerprint density at radius 1 is 1.09 bits per heavy atom. The molecule has 3 aromatic heterocycles. The van der Waals surface area contributed by atoms with Crippen molar-refractivity contribution in [2.45, 2.75) is 0 Å². The maximum atomic E-state index is 12.8. The van der Waals surface area contributed by atoms with Gasteiger partial charge in [-0.3, -0.25) is 4.79 Å². The van der Waals surface area contributed by atoms with Gasteiger partial charge >= 0.3 is 0 Å². The fourth-order valence-corrected chi connectivity index (χ4v) is 6.27. The molecule has 0 saturated heterocycles. The van der Waals surface area contributed by atoms with Gasteiger partial charge in [0.25, 0.3) is 5.91 Å². The summed E-state index contributed by atoms with van der Waals surface area (Å²) < 4.78 is 2.52. The highest BCUT2D eigenvalue weighted by atomic mass is 35.5. The molecule has 164 valence electrons. The zero-order valence-corrected chi connectivity index (χ0v) is 20.5. The second kappa shape index (κ2) is 9.29. The standard InChI is InChI=1S/C23H13Cl3N4OS2/c24-14-9-16(25)19-18(10-14)33-22(20(19)26)23(31)28-27-11-13-12-30(15-5-2-1-3-6-15)29-21(13)17-7-4-8-32-17/h1-12H,(H,28,31)/b27-11+. The Labute approximate surface area is 211 Å². The highest BCUT2D eigenvalue weighted by Gasteiger charge is 2.19. The number of thiophene rings is 2. The summed E-state index contributed by atoms with van der Waals surface area (Å²) in [5.41, 5.74) is 5.01. The maximum Gasteiger partial charge on any atom is 0.283 e. The summed E-state index contributed by atoms with van der Waals surface area (Å²) in [6.45, 7) is 0. The van der Waals surface area contributed by atoms with E-state index in [0.717, 1.165) is 26.5 Å². The minimum absolute atomic E-state index is 0.278. The summed E-state index contributed by atoms with van der Waals surface area (Å²) in [5.74, 6) is -0.433. The van der Waals surface area contributed by atoms with Gasteiger partial charge in [0.1, 0.15) is 10.6 Å². The lowest BCUT2D eigenvalue weighted by atomic mass is 10.2. The molecular formula is C23H13Cl3N4OS2. The van der Waals surface area contributed by atoms with E-state index >= 15 is 0 Å². The van der Waals surface area contributed by atoms with Crippen molar-refractivity contribution in [3.8, 4) is 16.3 Å². The Kier molecular flexibility index (Phi) is 6.23. The Hall–Kier alpha value is -2.68. The van der Waals surface area contributed by atoms with Crippen LogP contribution in [-0.2, 0) is 0 Å². The number of hydrogen-bond acceptors (Lipinski definition) is 5. The van der Waals surface area contributed by atoms with E-state index in [1.165, 1.54) is 11.3 Å². The van der Waals surface area contributed by atoms with Crippen molar-refractivity contribution >= 4 is 79.7 Å². The van der Waals surface area contributed by atoms with E-state index in [1.54, 1.807) is 34.4 Å². The highest BCUT2D eigenvalue weighted by Crippen LogP contribution is 2.41. The van der Waals surface area contributed by atoms with Crippen molar-refractivity contribution in [2.24, 2.45) is 5.10 Å². The van der Waals surface area contributed by atoms with Crippen molar-refractivity contribution < 1.29 is 4.79 Å². The molecule has 3 heterocycles. The van der Waals surface area contributed by atoms with Crippen LogP contribution in [0.2, 0.25) is 15.1 Å². The molecule has 1 N–H and O–H groups in total. The van der Waals surface area contributed by atoms with E-state index in [0.29, 0.717) is 20.3 Å². The van der Waals surface area contributed by atoms with E-state index in [9.17, 15) is 4.79 Å². The normalized spacial score (nSPS) is 11.5. The number of hydrogen-bond donors (Lipinski definition) is 1. The number of nitrogens with zero attached hydrogens (tertiary/aromatic N) is 3. The molecule has 2 aromatic carbocycles. The van der Waals surface area contributed by atoms with Gasteiger partial charge in [0.2, 0.25) is 0 Å². The Bertz CT molecular complexity index is 1490. The quantitative estimate of drug-likeness (QED) is 0.188. The number of carbonyl (C=O) groups is 1. The first kappa shape index (κ1) is 22.1. The van der Waals surface area contributed by atoms with Crippen molar-refractivity contribution in [2.75, 3.05) is 0 Å². The monoisotopic (exact) mass is 530 g/mol. The topological polar surface area (TPSA) is 59.3 Å². The molecule has 0 unspecified atom stereocenters. The van der Waals surface area contributed by atoms with Gasteiger partial charge in [-0.05, 0) is 35.7 Å². The number of hydrazone groups is 1. The van der Waals surface area contributed by atoms with E-state index in [-0.39, 0.29) is 5.02 Å². The molecule has 0 aliphatic rings. The van der Waals surface area contributed by atoms with Crippen LogP contribution < -0.4 is 5.43 Å². The molecule has 0 saturated carbocycles. The molecule has 5 nitrogen and oxygen atoms in total. The number of amides is 1. The predicted molar refractivity (Wildman–Crippen MR) is 139 cm³/mol. The van der Waals surface area contributed by atoms with Gasteiger partial charge in [0.15, 0.2) is 0 Å². The number of rotatable bonds is 5. The number of para-hydroxylation sites is 1. The first-order chi connectivity index (χ1) is 16.0. The van der Waals surface area contributed by atoms with Gasteiger partial charge in [0.05, 0.1) is 26.8 Å². The smallest absolute Gasteiger partial charge is 0.266 e. The number of benzene rings is 2. The van der Waals surface area contributed by atoms with Crippen molar-refractivity contribution in [1.82, 2.24) is 15.2 Å². The predicted octanol–water partition coefficient (Wildman–Crippen LogP) is 7.54. The van der Waals surface area contributed by atoms with Crippen molar-refractivity contribution in [1.29, 1.82) is 0 Å². The summed E-state index contributed by atoms with van der Waals surface area (Å²) in [5, 5.41) is 12.6. The van der Waals surface area contributed by atoms with E-state index in [4.69, 9.17) is 39.9 Å². The Balaban J connectivity index is 1.43. The van der Waals surface area contributed by atoms with Gasteiger partial charge in [-0.1, -0.05) is 59.1 Å². The second-order valence-corrected chi connectivity index (χ2v) is 10.1. The summed E-state index contributed by atoms with van der Waals surface area (Å²) in [6, 6.07) is 17.1. The average Bonchev–Trinajstić information content (AvgIpc) is 3.53. The average molecular weight is 532 g/mol. The van der Waals surface area contributed by atoms with Crippen LogP contribution in [-0.4, -0.2) is 21.9 Å². The zero-order valence-electron chi connectivity index (χ0n) is 16.6. The number of aromatic nitrogens is 2. The SMILES string of the molecule is O=C(N/N=C/c1cn(-c2ccccc2)nc1-c1cccs1)c1sc2cc(Cl)cc(Cl)c2c1Cl. The number of carbonyl (C=O) groups excluding carboxylic acids is 1. The highest BCUT2D eigenvalue weighted by molar-refractivity contribution is 7.21. The Morgan fingerprint density at radius 3 is 2.67 bits per heavy atom. The molecule has 0 radical (unpaired) electrons. The third-order valence-electron chi connectivity index (χ3n) is 4.74. The minimum Gasteiger partial charge on any atom is -0.266 e. The molecule has 1 amide bonds. The van der Waals surface area contributed by atoms with Gasteiger partial charge in [-0.2, -0.15) is 10.2 Å². The van der Waals surface area contributed by atoms with E-state index < -0.39 is 5.91 Å². The Morgan fingerprint density at radius 2 is 1.91 bits per heavy atom. The molecule has 0 aliphatic carbocycles. The van der Waals surface area contributed by atoms with Crippen LogP contribution in [0.1, 0.15) is 15.2 Å². The lowest BCUT2D eigenvalue weighted by Crippen LogP contribution is -2.16. The zero-order chi connectivity index (χ0) is 22.9. The molecule has 10 heteroatoms. The fourth-order valence-electron chi connectivity index (χ4n) is 3.27. The van der Waals surface area contributed by atoms with Gasteiger partial charge < -0.3 is 0 Å². The van der Waals surface area contributed by atoms with Crippen LogP contribution in [0.15, 0.2) is 71.3 Å². The van der Waals surface area contributed by atoms with Crippen LogP contribution in [0.5, 0.6) is 0 Å². The van der Waals surface area contributed by atoms with E-state index in [1.807, 2.05) is 54.0 Å². The first-order valence-corrected chi connectivity index (χ1v) is 12.4. The summed E-state index contributed by atoms with van der Waals surface area (Å²) in [4.78, 5) is 14.1. The molecule has 0 bridgehead atoms. The molecular weight excluding hydrogens is 519 g/mol. The van der Waals surface area contributed by atoms with Gasteiger partial charge in [-0.25, -0.2) is 10.1 Å². The van der Waals surface area contributed by atoms with Crippen molar-refractivity contribution in [3.05, 3.63) is 91.7 Å². The van der Waals surface area contributed by atoms with E-state index in [2.05, 4.69) is 10.5 Å². The number of nitrogens with one attached hydrogen (secondary N) is 1. The third-order valence-corrected chi connectivity index (χ3v) is 7.76. The summed E-state index contributed by atoms with van der Waals surface area (Å²) in [6.07, 6.45) is 3.44. The molecule has 5 rings (SSSR count). The van der Waals surface area contributed by atoms with Crippen molar-refractivity contribution in [3.63, 3.8) is 0 Å². The van der Waals surface area contributed by atoms with Gasteiger partial charge in [0, 0.05) is 26.9 Å². The number of halogens is 3. The van der Waals surface area contributed by atoms with Crippen LogP contribution in [0, 0.1) is 0 Å². The second-order valence-electron chi connectivity index (χ2n) is 6.90.